The molecule has 0 aliphatic carbocycles. The minimum Gasteiger partial charge on any atom is -0.409 e. The summed E-state index contributed by atoms with van der Waals surface area (Å²) in [4.78, 5) is 25.3. The highest BCUT2D eigenvalue weighted by Crippen LogP contribution is 2.09. The van der Waals surface area contributed by atoms with Gasteiger partial charge in [0, 0.05) is 13.1 Å². The van der Waals surface area contributed by atoms with Gasteiger partial charge in [0.05, 0.1) is 19.6 Å². The summed E-state index contributed by atoms with van der Waals surface area (Å²) < 4.78 is 5.23. The summed E-state index contributed by atoms with van der Waals surface area (Å²) in [5, 5.41) is 13.9. The zero-order valence-corrected chi connectivity index (χ0v) is 11.0. The van der Waals surface area contributed by atoms with Gasteiger partial charge in [0.25, 0.3) is 0 Å². The lowest BCUT2D eigenvalue weighted by Gasteiger charge is -2.34. The highest BCUT2D eigenvalue weighted by atomic mass is 16.5. The maximum absolute atomic E-state index is 12.0. The second kappa shape index (κ2) is 7.57. The number of nitrogens with one attached hydrogen (secondary N) is 1. The first-order valence-electron chi connectivity index (χ1n) is 6.21. The molecule has 4 N–H and O–H groups in total. The van der Waals surface area contributed by atoms with Crippen LogP contribution in [0, 0.1) is 0 Å². The van der Waals surface area contributed by atoms with Crippen molar-refractivity contribution in [3.05, 3.63) is 0 Å². The van der Waals surface area contributed by atoms with Gasteiger partial charge in [-0.15, -0.1) is 0 Å². The van der Waals surface area contributed by atoms with Crippen molar-refractivity contribution in [1.29, 1.82) is 0 Å². The topological polar surface area (TPSA) is 117 Å². The van der Waals surface area contributed by atoms with E-state index in [1.165, 1.54) is 4.90 Å². The maximum Gasteiger partial charge on any atom is 0.245 e. The lowest BCUT2D eigenvalue weighted by atomic mass is 10.2. The van der Waals surface area contributed by atoms with Crippen LogP contribution in [0.1, 0.15) is 19.8 Å². The van der Waals surface area contributed by atoms with Gasteiger partial charge in [0.1, 0.15) is 11.9 Å². The molecule has 1 unspecified atom stereocenters. The van der Waals surface area contributed by atoms with Crippen LogP contribution in [0.4, 0.5) is 0 Å². The molecule has 1 rings (SSSR count). The Balaban J connectivity index is 2.66. The smallest absolute Gasteiger partial charge is 0.245 e. The molecule has 0 radical (unpaired) electrons. The fourth-order valence-corrected chi connectivity index (χ4v) is 1.78. The van der Waals surface area contributed by atoms with Crippen molar-refractivity contribution in [3.63, 3.8) is 0 Å². The van der Waals surface area contributed by atoms with Gasteiger partial charge in [-0.05, 0) is 6.42 Å². The van der Waals surface area contributed by atoms with Gasteiger partial charge in [-0.25, -0.2) is 0 Å². The molecule has 0 spiro atoms. The molecule has 1 saturated heterocycles. The molecule has 1 atom stereocenters. The number of ether oxygens (including phenoxy) is 1. The fraction of sp³-hybridized carbons (Fsp3) is 0.727. The van der Waals surface area contributed by atoms with Crippen molar-refractivity contribution < 1.29 is 19.5 Å². The number of hydrogen-bond donors (Lipinski definition) is 3. The van der Waals surface area contributed by atoms with E-state index in [0.717, 1.165) is 6.42 Å². The Morgan fingerprint density at radius 1 is 1.58 bits per heavy atom. The van der Waals surface area contributed by atoms with Crippen LogP contribution in [0.5, 0.6) is 0 Å². The zero-order chi connectivity index (χ0) is 14.3. The van der Waals surface area contributed by atoms with Gasteiger partial charge in [0.15, 0.2) is 0 Å². The Hall–Kier alpha value is -1.83. The first-order chi connectivity index (χ1) is 9.10. The van der Waals surface area contributed by atoms with E-state index in [4.69, 9.17) is 15.7 Å². The van der Waals surface area contributed by atoms with E-state index in [1.807, 2.05) is 6.92 Å². The van der Waals surface area contributed by atoms with Crippen molar-refractivity contribution in [3.8, 4) is 0 Å². The number of hydrogen-bond acceptors (Lipinski definition) is 5. The molecule has 0 aromatic carbocycles. The Kier molecular flexibility index (Phi) is 6.07. The minimum atomic E-state index is -0.653. The monoisotopic (exact) mass is 272 g/mol. The number of carbonyl (C=O) groups is 2. The predicted molar refractivity (Wildman–Crippen MR) is 67.6 cm³/mol. The number of nitrogens with two attached hydrogens (primary N) is 1. The molecule has 1 aliphatic rings. The first kappa shape index (κ1) is 15.2. The number of amidine groups is 1. The van der Waals surface area contributed by atoms with Crippen molar-refractivity contribution in [2.24, 2.45) is 10.9 Å². The highest BCUT2D eigenvalue weighted by molar-refractivity contribution is 6.00. The van der Waals surface area contributed by atoms with E-state index in [0.29, 0.717) is 19.7 Å². The van der Waals surface area contributed by atoms with Gasteiger partial charge in [0.2, 0.25) is 11.8 Å². The molecule has 8 heteroatoms. The molecule has 0 aromatic rings. The molecule has 19 heavy (non-hydrogen) atoms. The summed E-state index contributed by atoms with van der Waals surface area (Å²) in [6, 6.07) is -0.653. The number of oxime groups is 1. The second-order valence-electron chi connectivity index (χ2n) is 4.24. The summed E-state index contributed by atoms with van der Waals surface area (Å²) in [6.45, 7) is 3.36. The van der Waals surface area contributed by atoms with Gasteiger partial charge in [-0.2, -0.15) is 0 Å². The Labute approximate surface area is 111 Å². The lowest BCUT2D eigenvalue weighted by Crippen LogP contribution is -2.56. The molecule has 8 nitrogen and oxygen atoms in total. The Morgan fingerprint density at radius 2 is 2.32 bits per heavy atom. The number of nitrogens with zero attached hydrogens (tertiary/aromatic N) is 2. The number of amides is 2. The Morgan fingerprint density at radius 3 is 2.95 bits per heavy atom. The van der Waals surface area contributed by atoms with Gasteiger partial charge in [-0.1, -0.05) is 12.1 Å². The van der Waals surface area contributed by atoms with Gasteiger partial charge >= 0.3 is 0 Å². The molecule has 1 heterocycles. The van der Waals surface area contributed by atoms with E-state index in [9.17, 15) is 9.59 Å². The molecule has 0 aromatic heterocycles. The predicted octanol–water partition coefficient (Wildman–Crippen LogP) is -1.12. The standard InChI is InChI=1S/C11H20N4O4/c1-2-3-13-11(17)8-7-19-5-4-15(8)10(16)6-9(12)14-18/h8,18H,2-7H2,1H3,(H2,12,14)(H,13,17). The third-order valence-corrected chi connectivity index (χ3v) is 2.76. The van der Waals surface area contributed by atoms with Gasteiger partial charge < -0.3 is 25.9 Å². The third kappa shape index (κ3) is 4.40. The molecule has 108 valence electrons. The van der Waals surface area contributed by atoms with Crippen LogP contribution < -0.4 is 11.1 Å². The van der Waals surface area contributed by atoms with Crippen molar-refractivity contribution in [2.75, 3.05) is 26.3 Å². The second-order valence-corrected chi connectivity index (χ2v) is 4.24. The SMILES string of the molecule is CCCNC(=O)C1COCCN1C(=O)CC(N)=NO. The normalized spacial score (nSPS) is 20.2. The van der Waals surface area contributed by atoms with Crippen LogP contribution in [-0.2, 0) is 14.3 Å². The first-order valence-corrected chi connectivity index (χ1v) is 6.21. The number of rotatable bonds is 5. The van der Waals surface area contributed by atoms with E-state index in [1.54, 1.807) is 0 Å². The number of morpholine rings is 1. The third-order valence-electron chi connectivity index (χ3n) is 2.76. The van der Waals surface area contributed by atoms with Crippen molar-refractivity contribution in [1.82, 2.24) is 10.2 Å². The molecular weight excluding hydrogens is 252 g/mol. The van der Waals surface area contributed by atoms with Crippen LogP contribution in [0.3, 0.4) is 0 Å². The molecule has 2 amide bonds. The maximum atomic E-state index is 12.0. The van der Waals surface area contributed by atoms with Crippen LogP contribution in [-0.4, -0.2) is 60.1 Å². The lowest BCUT2D eigenvalue weighted by molar-refractivity contribution is -0.147. The van der Waals surface area contributed by atoms with Gasteiger partial charge in [-0.3, -0.25) is 9.59 Å². The van der Waals surface area contributed by atoms with Crippen LogP contribution in [0.25, 0.3) is 0 Å². The highest BCUT2D eigenvalue weighted by Gasteiger charge is 2.32. The summed E-state index contributed by atoms with van der Waals surface area (Å²) in [5.74, 6) is -0.770. The summed E-state index contributed by atoms with van der Waals surface area (Å²) in [5.41, 5.74) is 5.30. The Bertz CT molecular complexity index is 359. The fourth-order valence-electron chi connectivity index (χ4n) is 1.78. The summed E-state index contributed by atoms with van der Waals surface area (Å²) >= 11 is 0. The van der Waals surface area contributed by atoms with Crippen molar-refractivity contribution >= 4 is 17.6 Å². The van der Waals surface area contributed by atoms with E-state index in [2.05, 4.69) is 10.5 Å². The summed E-state index contributed by atoms with van der Waals surface area (Å²) in [7, 11) is 0. The van der Waals surface area contributed by atoms with Crippen LogP contribution in [0.2, 0.25) is 0 Å². The largest absolute Gasteiger partial charge is 0.409 e. The minimum absolute atomic E-state index is 0.164. The zero-order valence-electron chi connectivity index (χ0n) is 11.0. The molecule has 1 fully saturated rings. The summed E-state index contributed by atoms with van der Waals surface area (Å²) in [6.07, 6.45) is 0.603. The van der Waals surface area contributed by atoms with Crippen molar-refractivity contribution in [2.45, 2.75) is 25.8 Å². The van der Waals surface area contributed by atoms with Crippen LogP contribution in [0.15, 0.2) is 5.16 Å². The average molecular weight is 272 g/mol. The molecule has 0 bridgehead atoms. The molecule has 0 saturated carbocycles. The average Bonchev–Trinajstić information content (AvgIpc) is 2.44. The molecular formula is C11H20N4O4. The van der Waals surface area contributed by atoms with Crippen LogP contribution >= 0.6 is 0 Å². The van der Waals surface area contributed by atoms with E-state index >= 15 is 0 Å². The number of carbonyl (C=O) groups excluding carboxylic acids is 2. The quantitative estimate of drug-likeness (QED) is 0.253. The molecule has 1 aliphatic heterocycles. The van der Waals surface area contributed by atoms with E-state index < -0.39 is 6.04 Å². The van der Waals surface area contributed by atoms with E-state index in [-0.39, 0.29) is 30.7 Å².